The minimum absolute atomic E-state index is 0.0368. The predicted octanol–water partition coefficient (Wildman–Crippen LogP) is 1.88. The zero-order valence-electron chi connectivity index (χ0n) is 13.5. The van der Waals surface area contributed by atoms with E-state index in [0.29, 0.717) is 31.5 Å². The molecule has 1 aromatic rings. The van der Waals surface area contributed by atoms with E-state index in [-0.39, 0.29) is 17.7 Å². The molecule has 3 rings (SSSR count). The summed E-state index contributed by atoms with van der Waals surface area (Å²) in [6.45, 7) is 1.16. The monoisotopic (exact) mass is 315 g/mol. The Morgan fingerprint density at radius 3 is 2.30 bits per heavy atom. The first kappa shape index (κ1) is 16.0. The van der Waals surface area contributed by atoms with Gasteiger partial charge in [-0.05, 0) is 25.0 Å². The van der Waals surface area contributed by atoms with E-state index >= 15 is 0 Å². The fraction of sp³-hybridized carbons (Fsp3) is 0.556. The number of nitrogens with one attached hydrogen (secondary N) is 1. The fourth-order valence-electron chi connectivity index (χ4n) is 3.53. The van der Waals surface area contributed by atoms with Gasteiger partial charge in [-0.15, -0.1) is 0 Å². The van der Waals surface area contributed by atoms with Crippen molar-refractivity contribution in [2.75, 3.05) is 13.1 Å². The normalized spacial score (nSPS) is 21.2. The summed E-state index contributed by atoms with van der Waals surface area (Å²) in [5.74, 6) is 0.252. The van der Waals surface area contributed by atoms with Gasteiger partial charge in [-0.3, -0.25) is 9.59 Å². The van der Waals surface area contributed by atoms with Gasteiger partial charge in [-0.2, -0.15) is 0 Å². The summed E-state index contributed by atoms with van der Waals surface area (Å²) in [6, 6.07) is 9.29. The number of benzene rings is 1. The Morgan fingerprint density at radius 1 is 1.09 bits per heavy atom. The highest BCUT2D eigenvalue weighted by atomic mass is 16.2. The van der Waals surface area contributed by atoms with Crippen LogP contribution in [-0.4, -0.2) is 35.5 Å². The van der Waals surface area contributed by atoms with Crippen molar-refractivity contribution in [3.8, 4) is 0 Å². The van der Waals surface area contributed by atoms with Crippen LogP contribution < -0.4 is 11.1 Å². The van der Waals surface area contributed by atoms with E-state index < -0.39 is 5.66 Å². The van der Waals surface area contributed by atoms with Crippen molar-refractivity contribution in [1.29, 1.82) is 0 Å². The SMILES string of the molecule is NC1(NC(=O)C2CCCC2)CCN(C(=O)c2ccccc2)CC1. The van der Waals surface area contributed by atoms with Crippen molar-refractivity contribution < 1.29 is 9.59 Å². The van der Waals surface area contributed by atoms with Crippen LogP contribution in [0, 0.1) is 5.92 Å². The van der Waals surface area contributed by atoms with E-state index in [0.717, 1.165) is 25.7 Å². The minimum atomic E-state index is -0.673. The Hall–Kier alpha value is -1.88. The molecule has 1 aliphatic heterocycles. The first-order valence-electron chi connectivity index (χ1n) is 8.53. The molecule has 0 bridgehead atoms. The molecule has 5 nitrogen and oxygen atoms in total. The van der Waals surface area contributed by atoms with Crippen LogP contribution in [0.1, 0.15) is 48.9 Å². The Kier molecular flexibility index (Phi) is 4.66. The van der Waals surface area contributed by atoms with E-state index in [4.69, 9.17) is 5.73 Å². The summed E-state index contributed by atoms with van der Waals surface area (Å²) in [5, 5.41) is 3.04. The number of amides is 2. The van der Waals surface area contributed by atoms with Crippen LogP contribution >= 0.6 is 0 Å². The molecule has 1 aliphatic carbocycles. The zero-order chi connectivity index (χ0) is 16.3. The third-order valence-corrected chi connectivity index (χ3v) is 5.06. The Bertz CT molecular complexity index is 559. The maximum absolute atomic E-state index is 12.4. The summed E-state index contributed by atoms with van der Waals surface area (Å²) in [5.41, 5.74) is 6.39. The van der Waals surface area contributed by atoms with Gasteiger partial charge in [0.2, 0.25) is 5.91 Å². The van der Waals surface area contributed by atoms with Crippen LogP contribution in [0.25, 0.3) is 0 Å². The quantitative estimate of drug-likeness (QED) is 0.836. The van der Waals surface area contributed by atoms with Crippen molar-refractivity contribution in [2.24, 2.45) is 11.7 Å². The molecular weight excluding hydrogens is 290 g/mol. The number of hydrogen-bond donors (Lipinski definition) is 2. The van der Waals surface area contributed by atoms with E-state index in [1.807, 2.05) is 35.2 Å². The number of rotatable bonds is 3. The largest absolute Gasteiger partial charge is 0.338 e. The number of likely N-dealkylation sites (tertiary alicyclic amines) is 1. The second-order valence-corrected chi connectivity index (χ2v) is 6.78. The zero-order valence-corrected chi connectivity index (χ0v) is 13.5. The molecule has 1 saturated heterocycles. The van der Waals surface area contributed by atoms with Gasteiger partial charge >= 0.3 is 0 Å². The lowest BCUT2D eigenvalue weighted by Gasteiger charge is -2.40. The van der Waals surface area contributed by atoms with E-state index in [1.54, 1.807) is 0 Å². The van der Waals surface area contributed by atoms with Gasteiger partial charge in [0.15, 0.2) is 0 Å². The van der Waals surface area contributed by atoms with Gasteiger partial charge in [0.05, 0.1) is 5.66 Å². The lowest BCUT2D eigenvalue weighted by molar-refractivity contribution is -0.127. The second kappa shape index (κ2) is 6.71. The molecule has 0 radical (unpaired) electrons. The molecule has 0 unspecified atom stereocenters. The number of nitrogens with zero attached hydrogens (tertiary/aromatic N) is 1. The molecule has 0 atom stereocenters. The van der Waals surface area contributed by atoms with E-state index in [1.165, 1.54) is 0 Å². The molecule has 1 saturated carbocycles. The number of nitrogens with two attached hydrogens (primary N) is 1. The number of carbonyl (C=O) groups is 2. The lowest BCUT2D eigenvalue weighted by atomic mass is 9.95. The topological polar surface area (TPSA) is 75.4 Å². The number of piperidine rings is 1. The molecule has 0 spiro atoms. The first-order chi connectivity index (χ1) is 11.1. The van der Waals surface area contributed by atoms with Crippen LogP contribution in [0.2, 0.25) is 0 Å². The third-order valence-electron chi connectivity index (χ3n) is 5.06. The summed E-state index contributed by atoms with van der Waals surface area (Å²) in [6.07, 6.45) is 5.42. The Labute approximate surface area is 137 Å². The van der Waals surface area contributed by atoms with Crippen LogP contribution in [0.4, 0.5) is 0 Å². The van der Waals surface area contributed by atoms with Gasteiger partial charge in [0.25, 0.3) is 5.91 Å². The first-order valence-corrected chi connectivity index (χ1v) is 8.53. The molecule has 23 heavy (non-hydrogen) atoms. The summed E-state index contributed by atoms with van der Waals surface area (Å²) < 4.78 is 0. The van der Waals surface area contributed by atoms with Gasteiger partial charge in [-0.1, -0.05) is 31.0 Å². The average molecular weight is 315 g/mol. The maximum Gasteiger partial charge on any atom is 0.253 e. The van der Waals surface area contributed by atoms with Gasteiger partial charge < -0.3 is 16.0 Å². The molecule has 2 fully saturated rings. The van der Waals surface area contributed by atoms with Crippen LogP contribution in [0.15, 0.2) is 30.3 Å². The minimum Gasteiger partial charge on any atom is -0.338 e. The fourth-order valence-corrected chi connectivity index (χ4v) is 3.53. The second-order valence-electron chi connectivity index (χ2n) is 6.78. The molecule has 2 amide bonds. The van der Waals surface area contributed by atoms with Crippen LogP contribution in [0.3, 0.4) is 0 Å². The number of carbonyl (C=O) groups excluding carboxylic acids is 2. The van der Waals surface area contributed by atoms with Crippen molar-refractivity contribution in [1.82, 2.24) is 10.2 Å². The Morgan fingerprint density at radius 2 is 1.70 bits per heavy atom. The highest BCUT2D eigenvalue weighted by Crippen LogP contribution is 2.26. The van der Waals surface area contributed by atoms with Crippen molar-refractivity contribution in [3.05, 3.63) is 35.9 Å². The molecule has 1 aromatic carbocycles. The smallest absolute Gasteiger partial charge is 0.253 e. The Balaban J connectivity index is 1.55. The highest BCUT2D eigenvalue weighted by Gasteiger charge is 2.36. The van der Waals surface area contributed by atoms with Crippen molar-refractivity contribution >= 4 is 11.8 Å². The molecule has 2 aliphatic rings. The standard InChI is InChI=1S/C18H25N3O2/c19-18(20-16(22)14-6-4-5-7-14)10-12-21(13-11-18)17(23)15-8-2-1-3-9-15/h1-3,8-9,14H,4-7,10-13,19H2,(H,20,22). The van der Waals surface area contributed by atoms with Crippen LogP contribution in [0.5, 0.6) is 0 Å². The molecule has 1 heterocycles. The van der Waals surface area contributed by atoms with Crippen molar-refractivity contribution in [2.45, 2.75) is 44.2 Å². The van der Waals surface area contributed by atoms with Gasteiger partial charge in [-0.25, -0.2) is 0 Å². The maximum atomic E-state index is 12.4. The van der Waals surface area contributed by atoms with Crippen LogP contribution in [-0.2, 0) is 4.79 Å². The summed E-state index contributed by atoms with van der Waals surface area (Å²) in [7, 11) is 0. The van der Waals surface area contributed by atoms with Crippen molar-refractivity contribution in [3.63, 3.8) is 0 Å². The van der Waals surface area contributed by atoms with Gasteiger partial charge in [0.1, 0.15) is 0 Å². The summed E-state index contributed by atoms with van der Waals surface area (Å²) >= 11 is 0. The molecular formula is C18H25N3O2. The van der Waals surface area contributed by atoms with Gasteiger partial charge in [0, 0.05) is 37.4 Å². The third kappa shape index (κ3) is 3.72. The number of hydrogen-bond acceptors (Lipinski definition) is 3. The molecule has 0 aromatic heterocycles. The van der Waals surface area contributed by atoms with E-state index in [9.17, 15) is 9.59 Å². The lowest BCUT2D eigenvalue weighted by Crippen LogP contribution is -2.62. The van der Waals surface area contributed by atoms with E-state index in [2.05, 4.69) is 5.32 Å². The highest BCUT2D eigenvalue weighted by molar-refractivity contribution is 5.94. The molecule has 124 valence electrons. The molecule has 3 N–H and O–H groups in total. The predicted molar refractivity (Wildman–Crippen MR) is 88.6 cm³/mol. The summed E-state index contributed by atoms with van der Waals surface area (Å²) in [4.78, 5) is 26.5. The average Bonchev–Trinajstić information content (AvgIpc) is 3.10. The molecule has 5 heteroatoms.